The van der Waals surface area contributed by atoms with Crippen LogP contribution in [0.5, 0.6) is 0 Å². The fourth-order valence-electron chi connectivity index (χ4n) is 1.73. The Morgan fingerprint density at radius 1 is 1.38 bits per heavy atom. The van der Waals surface area contributed by atoms with Gasteiger partial charge in [0, 0.05) is 5.38 Å². The summed E-state index contributed by atoms with van der Waals surface area (Å²) in [6.45, 7) is 5.45. The molecule has 114 valence electrons. The molecule has 0 radical (unpaired) electrons. The number of hydrogen-bond acceptors (Lipinski definition) is 5. The van der Waals surface area contributed by atoms with Gasteiger partial charge in [0.05, 0.1) is 16.3 Å². The van der Waals surface area contributed by atoms with Crippen molar-refractivity contribution in [1.82, 2.24) is 4.98 Å². The second kappa shape index (κ2) is 5.61. The Bertz CT molecular complexity index is 770. The number of nitrogens with zero attached hydrogens (tertiary/aromatic N) is 1. The predicted octanol–water partition coefficient (Wildman–Crippen LogP) is 3.10. The number of thiazole rings is 1. The SMILES string of the molecule is Cc1cc(F)c(N)cc1S(=O)(=O)Nc1nc(C(C)C)cs1. The molecule has 0 saturated heterocycles. The van der Waals surface area contributed by atoms with Crippen LogP contribution in [-0.4, -0.2) is 13.4 Å². The lowest BCUT2D eigenvalue weighted by Crippen LogP contribution is -2.15. The normalized spacial score (nSPS) is 11.9. The Morgan fingerprint density at radius 3 is 2.62 bits per heavy atom. The summed E-state index contributed by atoms with van der Waals surface area (Å²) >= 11 is 1.21. The van der Waals surface area contributed by atoms with Gasteiger partial charge in [0.2, 0.25) is 0 Å². The number of nitrogens with two attached hydrogens (primary N) is 1. The highest BCUT2D eigenvalue weighted by atomic mass is 32.2. The van der Waals surface area contributed by atoms with Crippen LogP contribution in [0.4, 0.5) is 15.2 Å². The van der Waals surface area contributed by atoms with Crippen LogP contribution < -0.4 is 10.5 Å². The molecule has 21 heavy (non-hydrogen) atoms. The average molecular weight is 329 g/mol. The summed E-state index contributed by atoms with van der Waals surface area (Å²) in [5.74, 6) is -0.425. The third-order valence-electron chi connectivity index (χ3n) is 2.92. The van der Waals surface area contributed by atoms with Crippen LogP contribution in [0, 0.1) is 12.7 Å². The standard InChI is InChI=1S/C13H16FN3O2S2/c1-7(2)11-6-20-13(16-11)17-21(18,19)12-5-10(15)9(14)4-8(12)3/h4-7H,15H2,1-3H3,(H,16,17). The molecule has 0 bridgehead atoms. The monoisotopic (exact) mass is 329 g/mol. The van der Waals surface area contributed by atoms with E-state index in [2.05, 4.69) is 9.71 Å². The quantitative estimate of drug-likeness (QED) is 0.844. The van der Waals surface area contributed by atoms with Gasteiger partial charge in [0.15, 0.2) is 5.13 Å². The number of aromatic nitrogens is 1. The van der Waals surface area contributed by atoms with Crippen molar-refractivity contribution in [2.24, 2.45) is 0 Å². The molecular formula is C13H16FN3O2S2. The molecule has 0 aliphatic carbocycles. The van der Waals surface area contributed by atoms with Gasteiger partial charge in [-0.05, 0) is 30.5 Å². The first-order chi connectivity index (χ1) is 9.70. The largest absolute Gasteiger partial charge is 0.396 e. The second-order valence-electron chi connectivity index (χ2n) is 4.98. The fourth-order valence-corrected chi connectivity index (χ4v) is 4.11. The molecule has 1 aromatic carbocycles. The number of benzene rings is 1. The zero-order chi connectivity index (χ0) is 15.8. The van der Waals surface area contributed by atoms with E-state index in [1.165, 1.54) is 18.3 Å². The van der Waals surface area contributed by atoms with Gasteiger partial charge in [0.25, 0.3) is 10.0 Å². The van der Waals surface area contributed by atoms with E-state index in [0.29, 0.717) is 0 Å². The van der Waals surface area contributed by atoms with E-state index < -0.39 is 15.8 Å². The van der Waals surface area contributed by atoms with Crippen LogP contribution in [0.3, 0.4) is 0 Å². The number of sulfonamides is 1. The maximum absolute atomic E-state index is 13.3. The van der Waals surface area contributed by atoms with Crippen LogP contribution in [0.1, 0.15) is 31.0 Å². The van der Waals surface area contributed by atoms with E-state index in [4.69, 9.17) is 5.73 Å². The Balaban J connectivity index is 2.36. The first-order valence-electron chi connectivity index (χ1n) is 6.24. The molecular weight excluding hydrogens is 313 g/mol. The molecule has 0 aliphatic rings. The zero-order valence-corrected chi connectivity index (χ0v) is 13.5. The van der Waals surface area contributed by atoms with Crippen molar-refractivity contribution in [3.63, 3.8) is 0 Å². The zero-order valence-electron chi connectivity index (χ0n) is 11.8. The Kier molecular flexibility index (Phi) is 4.20. The smallest absolute Gasteiger partial charge is 0.264 e. The fraction of sp³-hybridized carbons (Fsp3) is 0.308. The molecule has 0 spiro atoms. The summed E-state index contributed by atoms with van der Waals surface area (Å²) in [5.41, 5.74) is 6.34. The van der Waals surface area contributed by atoms with E-state index in [1.807, 2.05) is 13.8 Å². The summed E-state index contributed by atoms with van der Waals surface area (Å²) in [6.07, 6.45) is 0. The maximum atomic E-state index is 13.3. The van der Waals surface area contributed by atoms with Crippen LogP contribution in [0.2, 0.25) is 0 Å². The van der Waals surface area contributed by atoms with Gasteiger partial charge in [-0.15, -0.1) is 11.3 Å². The van der Waals surface area contributed by atoms with Crippen molar-refractivity contribution < 1.29 is 12.8 Å². The number of nitrogen functional groups attached to an aromatic ring is 1. The molecule has 0 unspecified atom stereocenters. The van der Waals surface area contributed by atoms with E-state index in [1.54, 1.807) is 5.38 Å². The van der Waals surface area contributed by atoms with Crippen LogP contribution in [0.15, 0.2) is 22.4 Å². The number of hydrogen-bond donors (Lipinski definition) is 2. The topological polar surface area (TPSA) is 85.1 Å². The lowest BCUT2D eigenvalue weighted by Gasteiger charge is -2.09. The summed E-state index contributed by atoms with van der Waals surface area (Å²) in [7, 11) is -3.84. The van der Waals surface area contributed by atoms with Crippen LogP contribution in [-0.2, 0) is 10.0 Å². The first-order valence-corrected chi connectivity index (χ1v) is 8.61. The Morgan fingerprint density at radius 2 is 2.05 bits per heavy atom. The van der Waals surface area contributed by atoms with E-state index in [9.17, 15) is 12.8 Å². The molecule has 0 fully saturated rings. The number of halogens is 1. The van der Waals surface area contributed by atoms with Crippen molar-refractivity contribution in [2.75, 3.05) is 10.5 Å². The molecule has 0 amide bonds. The van der Waals surface area contributed by atoms with E-state index >= 15 is 0 Å². The number of nitrogens with one attached hydrogen (secondary N) is 1. The molecule has 5 nitrogen and oxygen atoms in total. The number of anilines is 2. The maximum Gasteiger partial charge on any atom is 0.264 e. The number of rotatable bonds is 4. The highest BCUT2D eigenvalue weighted by molar-refractivity contribution is 7.93. The van der Waals surface area contributed by atoms with E-state index in [0.717, 1.165) is 17.8 Å². The lowest BCUT2D eigenvalue weighted by molar-refractivity contribution is 0.599. The molecule has 2 rings (SSSR count). The minimum absolute atomic E-state index is 0.0531. The summed E-state index contributed by atoms with van der Waals surface area (Å²) in [4.78, 5) is 4.16. The minimum atomic E-state index is -3.84. The summed E-state index contributed by atoms with van der Waals surface area (Å²) in [5, 5.41) is 2.08. The molecule has 3 N–H and O–H groups in total. The van der Waals surface area contributed by atoms with Gasteiger partial charge in [-0.3, -0.25) is 4.72 Å². The molecule has 0 atom stereocenters. The van der Waals surface area contributed by atoms with Gasteiger partial charge in [-0.1, -0.05) is 13.8 Å². The highest BCUT2D eigenvalue weighted by Crippen LogP contribution is 2.26. The molecule has 8 heteroatoms. The first kappa shape index (κ1) is 15.7. The Labute approximate surface area is 127 Å². The molecule has 0 aliphatic heterocycles. The number of aryl methyl sites for hydroxylation is 1. The van der Waals surface area contributed by atoms with Crippen molar-refractivity contribution in [3.8, 4) is 0 Å². The highest BCUT2D eigenvalue weighted by Gasteiger charge is 2.20. The summed E-state index contributed by atoms with van der Waals surface area (Å²) < 4.78 is 40.4. The van der Waals surface area contributed by atoms with Crippen molar-refractivity contribution in [1.29, 1.82) is 0 Å². The lowest BCUT2D eigenvalue weighted by atomic mass is 10.2. The molecule has 1 aromatic heterocycles. The molecule has 0 saturated carbocycles. The van der Waals surface area contributed by atoms with Crippen molar-refractivity contribution >= 4 is 32.2 Å². The van der Waals surface area contributed by atoms with Gasteiger partial charge in [-0.2, -0.15) is 0 Å². The summed E-state index contributed by atoms with van der Waals surface area (Å²) in [6, 6.07) is 2.22. The van der Waals surface area contributed by atoms with Gasteiger partial charge in [-0.25, -0.2) is 17.8 Å². The van der Waals surface area contributed by atoms with Crippen LogP contribution in [0.25, 0.3) is 0 Å². The third-order valence-corrected chi connectivity index (χ3v) is 5.31. The molecule has 1 heterocycles. The average Bonchev–Trinajstić information content (AvgIpc) is 2.81. The van der Waals surface area contributed by atoms with Crippen molar-refractivity contribution in [2.45, 2.75) is 31.6 Å². The molecule has 2 aromatic rings. The van der Waals surface area contributed by atoms with Crippen LogP contribution >= 0.6 is 11.3 Å². The minimum Gasteiger partial charge on any atom is -0.396 e. The van der Waals surface area contributed by atoms with Gasteiger partial charge >= 0.3 is 0 Å². The Hall–Kier alpha value is -1.67. The van der Waals surface area contributed by atoms with Crippen molar-refractivity contribution in [3.05, 3.63) is 34.6 Å². The van der Waals surface area contributed by atoms with Gasteiger partial charge < -0.3 is 5.73 Å². The van der Waals surface area contributed by atoms with Gasteiger partial charge in [0.1, 0.15) is 5.82 Å². The second-order valence-corrected chi connectivity index (χ2v) is 7.49. The third kappa shape index (κ3) is 3.33. The predicted molar refractivity (Wildman–Crippen MR) is 82.6 cm³/mol. The van der Waals surface area contributed by atoms with E-state index in [-0.39, 0.29) is 27.2 Å².